The molecule has 0 atom stereocenters. The van der Waals surface area contributed by atoms with Crippen LogP contribution in [0.5, 0.6) is 5.88 Å². The van der Waals surface area contributed by atoms with Crippen molar-refractivity contribution in [2.24, 2.45) is 0 Å². The van der Waals surface area contributed by atoms with E-state index in [0.29, 0.717) is 19.0 Å². The topological polar surface area (TPSA) is 90.2 Å². The summed E-state index contributed by atoms with van der Waals surface area (Å²) in [6.07, 6.45) is 4.91. The van der Waals surface area contributed by atoms with Crippen molar-refractivity contribution in [2.45, 2.75) is 52.9 Å². The van der Waals surface area contributed by atoms with E-state index in [-0.39, 0.29) is 17.4 Å². The molecule has 0 aliphatic rings. The van der Waals surface area contributed by atoms with Crippen LogP contribution >= 0.6 is 0 Å². The van der Waals surface area contributed by atoms with Crippen LogP contribution < -0.4 is 10.1 Å². The predicted molar refractivity (Wildman–Crippen MR) is 81.8 cm³/mol. The van der Waals surface area contributed by atoms with Gasteiger partial charge in [0, 0.05) is 6.54 Å². The second-order valence-electron chi connectivity index (χ2n) is 4.87. The molecule has 0 amide bonds. The number of nitrogens with zero attached hydrogens (tertiary/aromatic N) is 3. The van der Waals surface area contributed by atoms with Crippen LogP contribution in [0.4, 0.5) is 11.5 Å². The number of ether oxygens (including phenoxy) is 1. The quantitative estimate of drug-likeness (QED) is 0.404. The maximum absolute atomic E-state index is 11.3. The van der Waals surface area contributed by atoms with Gasteiger partial charge in [0.15, 0.2) is 0 Å². The van der Waals surface area contributed by atoms with Crippen molar-refractivity contribution in [1.29, 1.82) is 0 Å². The molecular weight excluding hydrogens is 272 g/mol. The van der Waals surface area contributed by atoms with Crippen LogP contribution in [0.2, 0.25) is 0 Å². The molecule has 0 fully saturated rings. The Labute approximate surface area is 125 Å². The molecule has 21 heavy (non-hydrogen) atoms. The first-order valence-corrected chi connectivity index (χ1v) is 7.49. The van der Waals surface area contributed by atoms with Crippen molar-refractivity contribution < 1.29 is 9.66 Å². The molecule has 0 saturated carbocycles. The first kappa shape index (κ1) is 17.1. The molecular formula is C14H24N4O3. The Morgan fingerprint density at radius 3 is 2.52 bits per heavy atom. The van der Waals surface area contributed by atoms with Crippen LogP contribution in [0, 0.1) is 17.0 Å². The Hall–Kier alpha value is -1.92. The zero-order chi connectivity index (χ0) is 15.7. The minimum atomic E-state index is -0.483. The number of aryl methyl sites for hydroxylation is 1. The van der Waals surface area contributed by atoms with Gasteiger partial charge in [-0.3, -0.25) is 10.1 Å². The van der Waals surface area contributed by atoms with E-state index in [1.807, 2.05) is 6.92 Å². The number of nitro groups is 1. The van der Waals surface area contributed by atoms with Gasteiger partial charge in [-0.05, 0) is 19.8 Å². The van der Waals surface area contributed by atoms with E-state index >= 15 is 0 Å². The molecule has 1 heterocycles. The van der Waals surface area contributed by atoms with Crippen LogP contribution in [0.15, 0.2) is 0 Å². The zero-order valence-corrected chi connectivity index (χ0v) is 13.0. The Kier molecular flexibility index (Phi) is 7.42. The molecule has 0 saturated heterocycles. The summed E-state index contributed by atoms with van der Waals surface area (Å²) in [5.74, 6) is 0.763. The zero-order valence-electron chi connectivity index (χ0n) is 13.0. The molecule has 1 aromatic rings. The predicted octanol–water partition coefficient (Wildman–Crippen LogP) is 3.47. The smallest absolute Gasteiger partial charge is 0.372 e. The van der Waals surface area contributed by atoms with Crippen LogP contribution in [0.25, 0.3) is 0 Å². The number of hydrogen-bond donors (Lipinski definition) is 1. The molecule has 1 aromatic heterocycles. The summed E-state index contributed by atoms with van der Waals surface area (Å²) in [5.41, 5.74) is -0.173. The standard InChI is InChI=1S/C14H24N4O3/c1-4-6-8-9-15-13-12(18(19)20)14(17-11(3)16-13)21-10-7-5-2/h4-10H2,1-3H3,(H,15,16,17). The van der Waals surface area contributed by atoms with Crippen molar-refractivity contribution in [3.63, 3.8) is 0 Å². The molecule has 0 aromatic carbocycles. The van der Waals surface area contributed by atoms with Crippen molar-refractivity contribution in [3.05, 3.63) is 15.9 Å². The third-order valence-electron chi connectivity index (χ3n) is 2.96. The van der Waals surface area contributed by atoms with Gasteiger partial charge in [0.2, 0.25) is 5.82 Å². The number of rotatable bonds is 10. The molecule has 1 rings (SSSR count). The van der Waals surface area contributed by atoms with Crippen molar-refractivity contribution >= 4 is 11.5 Å². The van der Waals surface area contributed by atoms with Gasteiger partial charge >= 0.3 is 5.69 Å². The minimum absolute atomic E-state index is 0.0546. The highest BCUT2D eigenvalue weighted by molar-refractivity contribution is 5.61. The van der Waals surface area contributed by atoms with E-state index in [1.54, 1.807) is 6.92 Å². The summed E-state index contributed by atoms with van der Waals surface area (Å²) in [6.45, 7) is 6.91. The molecule has 0 aliphatic heterocycles. The number of anilines is 1. The highest BCUT2D eigenvalue weighted by Gasteiger charge is 2.25. The summed E-state index contributed by atoms with van der Waals surface area (Å²) in [6, 6.07) is 0. The molecule has 0 radical (unpaired) electrons. The Balaban J connectivity index is 2.90. The van der Waals surface area contributed by atoms with E-state index in [9.17, 15) is 10.1 Å². The second-order valence-corrected chi connectivity index (χ2v) is 4.87. The molecule has 0 spiro atoms. The first-order chi connectivity index (χ1) is 10.1. The minimum Gasteiger partial charge on any atom is -0.473 e. The van der Waals surface area contributed by atoms with Gasteiger partial charge in [0.25, 0.3) is 5.88 Å². The van der Waals surface area contributed by atoms with Gasteiger partial charge in [0.05, 0.1) is 11.5 Å². The first-order valence-electron chi connectivity index (χ1n) is 7.49. The largest absolute Gasteiger partial charge is 0.473 e. The fourth-order valence-corrected chi connectivity index (χ4v) is 1.82. The normalized spacial score (nSPS) is 10.4. The molecule has 0 aliphatic carbocycles. The number of hydrogen-bond acceptors (Lipinski definition) is 6. The van der Waals surface area contributed by atoms with Gasteiger partial charge in [-0.15, -0.1) is 0 Å². The summed E-state index contributed by atoms with van der Waals surface area (Å²) in [5, 5.41) is 14.3. The summed E-state index contributed by atoms with van der Waals surface area (Å²) >= 11 is 0. The van der Waals surface area contributed by atoms with E-state index in [4.69, 9.17) is 4.74 Å². The van der Waals surface area contributed by atoms with Gasteiger partial charge < -0.3 is 10.1 Å². The average molecular weight is 296 g/mol. The Bertz CT molecular complexity index is 466. The lowest BCUT2D eigenvalue weighted by Crippen LogP contribution is -2.11. The average Bonchev–Trinajstić information content (AvgIpc) is 2.43. The number of aromatic nitrogens is 2. The van der Waals surface area contributed by atoms with Gasteiger partial charge in [-0.2, -0.15) is 4.98 Å². The van der Waals surface area contributed by atoms with Gasteiger partial charge in [0.1, 0.15) is 5.82 Å². The maximum Gasteiger partial charge on any atom is 0.372 e. The fourth-order valence-electron chi connectivity index (χ4n) is 1.82. The van der Waals surface area contributed by atoms with Crippen molar-refractivity contribution in [1.82, 2.24) is 9.97 Å². The maximum atomic E-state index is 11.3. The summed E-state index contributed by atoms with van der Waals surface area (Å²) in [7, 11) is 0. The van der Waals surface area contributed by atoms with E-state index in [2.05, 4.69) is 22.2 Å². The molecule has 118 valence electrons. The molecule has 0 unspecified atom stereocenters. The Morgan fingerprint density at radius 1 is 1.19 bits per heavy atom. The lowest BCUT2D eigenvalue weighted by Gasteiger charge is -2.10. The van der Waals surface area contributed by atoms with Crippen molar-refractivity contribution in [2.75, 3.05) is 18.5 Å². The second kappa shape index (κ2) is 9.10. The highest BCUT2D eigenvalue weighted by atomic mass is 16.6. The van der Waals surface area contributed by atoms with Crippen LogP contribution in [-0.2, 0) is 0 Å². The summed E-state index contributed by atoms with van der Waals surface area (Å²) in [4.78, 5) is 19.0. The molecule has 7 heteroatoms. The monoisotopic (exact) mass is 296 g/mol. The molecule has 1 N–H and O–H groups in total. The van der Waals surface area contributed by atoms with Crippen LogP contribution in [-0.4, -0.2) is 28.0 Å². The van der Waals surface area contributed by atoms with Crippen LogP contribution in [0.1, 0.15) is 51.8 Å². The third-order valence-corrected chi connectivity index (χ3v) is 2.96. The fraction of sp³-hybridized carbons (Fsp3) is 0.714. The third kappa shape index (κ3) is 5.53. The summed E-state index contributed by atoms with van der Waals surface area (Å²) < 4.78 is 5.46. The van der Waals surface area contributed by atoms with Gasteiger partial charge in [-0.25, -0.2) is 4.98 Å². The van der Waals surface area contributed by atoms with E-state index in [0.717, 1.165) is 32.1 Å². The lowest BCUT2D eigenvalue weighted by atomic mass is 10.2. The lowest BCUT2D eigenvalue weighted by molar-refractivity contribution is -0.385. The van der Waals surface area contributed by atoms with Crippen molar-refractivity contribution in [3.8, 4) is 5.88 Å². The highest BCUT2D eigenvalue weighted by Crippen LogP contribution is 2.31. The Morgan fingerprint density at radius 2 is 1.90 bits per heavy atom. The number of nitrogens with one attached hydrogen (secondary N) is 1. The van der Waals surface area contributed by atoms with Gasteiger partial charge in [-0.1, -0.05) is 33.1 Å². The van der Waals surface area contributed by atoms with Crippen LogP contribution in [0.3, 0.4) is 0 Å². The van der Waals surface area contributed by atoms with E-state index in [1.165, 1.54) is 0 Å². The number of unbranched alkanes of at least 4 members (excludes halogenated alkanes) is 3. The molecule has 0 bridgehead atoms. The SMILES string of the molecule is CCCCCNc1nc(C)nc(OCCCC)c1[N+](=O)[O-]. The molecule has 7 nitrogen and oxygen atoms in total. The van der Waals surface area contributed by atoms with E-state index < -0.39 is 4.92 Å².